The molecular formula is C14H26N2. The summed E-state index contributed by atoms with van der Waals surface area (Å²) in [4.78, 5) is 0. The summed E-state index contributed by atoms with van der Waals surface area (Å²) in [6.45, 7) is 11.3. The van der Waals surface area contributed by atoms with Gasteiger partial charge in [-0.2, -0.15) is 5.10 Å². The maximum Gasteiger partial charge on any atom is 0.0507 e. The third kappa shape index (κ3) is 4.82. The Balaban J connectivity index is 2.60. The van der Waals surface area contributed by atoms with Crippen molar-refractivity contribution in [3.8, 4) is 0 Å². The van der Waals surface area contributed by atoms with Gasteiger partial charge in [0.15, 0.2) is 0 Å². The van der Waals surface area contributed by atoms with E-state index >= 15 is 0 Å². The SMILES string of the molecule is C=CCNN=C(CC(C)(C)C)C1CCCC1. The number of hydrogen-bond acceptors (Lipinski definition) is 2. The van der Waals surface area contributed by atoms with Crippen molar-refractivity contribution in [3.63, 3.8) is 0 Å². The molecule has 0 aromatic heterocycles. The Bertz CT molecular complexity index is 242. The van der Waals surface area contributed by atoms with Crippen LogP contribution in [0.5, 0.6) is 0 Å². The zero-order valence-electron chi connectivity index (χ0n) is 11.1. The van der Waals surface area contributed by atoms with Crippen LogP contribution in [0.1, 0.15) is 52.9 Å². The van der Waals surface area contributed by atoms with Crippen molar-refractivity contribution in [1.82, 2.24) is 5.43 Å². The van der Waals surface area contributed by atoms with Gasteiger partial charge in [0.25, 0.3) is 0 Å². The number of hydrazone groups is 1. The van der Waals surface area contributed by atoms with Crippen molar-refractivity contribution in [2.75, 3.05) is 6.54 Å². The minimum absolute atomic E-state index is 0.331. The highest BCUT2D eigenvalue weighted by Gasteiger charge is 2.24. The summed E-state index contributed by atoms with van der Waals surface area (Å²) in [5, 5.41) is 4.58. The maximum absolute atomic E-state index is 4.58. The molecule has 2 nitrogen and oxygen atoms in total. The summed E-state index contributed by atoms with van der Waals surface area (Å²) in [5.41, 5.74) is 4.80. The first kappa shape index (κ1) is 13.3. The van der Waals surface area contributed by atoms with E-state index < -0.39 is 0 Å². The summed E-state index contributed by atoms with van der Waals surface area (Å²) in [6, 6.07) is 0. The summed E-state index contributed by atoms with van der Waals surface area (Å²) in [6.07, 6.45) is 8.34. The molecule has 0 aromatic rings. The number of hydrogen-bond donors (Lipinski definition) is 1. The highest BCUT2D eigenvalue weighted by molar-refractivity contribution is 5.87. The Hall–Kier alpha value is -0.790. The van der Waals surface area contributed by atoms with E-state index in [0.717, 1.165) is 18.9 Å². The van der Waals surface area contributed by atoms with Gasteiger partial charge in [-0.15, -0.1) is 6.58 Å². The first-order chi connectivity index (χ1) is 7.53. The van der Waals surface area contributed by atoms with Gasteiger partial charge in [0.05, 0.1) is 6.54 Å². The second-order valence-corrected chi connectivity index (χ2v) is 5.97. The number of nitrogens with one attached hydrogen (secondary N) is 1. The van der Waals surface area contributed by atoms with Gasteiger partial charge in [0, 0.05) is 5.71 Å². The summed E-state index contributed by atoms with van der Waals surface area (Å²) in [7, 11) is 0. The van der Waals surface area contributed by atoms with Gasteiger partial charge in [0.1, 0.15) is 0 Å². The van der Waals surface area contributed by atoms with Gasteiger partial charge in [-0.3, -0.25) is 0 Å². The van der Waals surface area contributed by atoms with E-state index in [1.165, 1.54) is 31.4 Å². The van der Waals surface area contributed by atoms with Gasteiger partial charge < -0.3 is 5.43 Å². The average molecular weight is 222 g/mol. The molecule has 1 rings (SSSR count). The van der Waals surface area contributed by atoms with Crippen LogP contribution in [0.15, 0.2) is 17.8 Å². The fraction of sp³-hybridized carbons (Fsp3) is 0.786. The summed E-state index contributed by atoms with van der Waals surface area (Å²) in [5.74, 6) is 0.719. The molecule has 0 radical (unpaired) electrons. The van der Waals surface area contributed by atoms with Crippen molar-refractivity contribution in [2.45, 2.75) is 52.9 Å². The lowest BCUT2D eigenvalue weighted by molar-refractivity contribution is 0.423. The Morgan fingerprint density at radius 1 is 1.38 bits per heavy atom. The molecule has 0 spiro atoms. The Morgan fingerprint density at radius 3 is 2.50 bits per heavy atom. The predicted octanol–water partition coefficient (Wildman–Crippen LogP) is 3.74. The minimum atomic E-state index is 0.331. The van der Waals surface area contributed by atoms with Crippen LogP contribution in [0.25, 0.3) is 0 Å². The van der Waals surface area contributed by atoms with E-state index in [-0.39, 0.29) is 0 Å². The van der Waals surface area contributed by atoms with Crippen LogP contribution in [-0.2, 0) is 0 Å². The zero-order chi connectivity index (χ0) is 12.0. The second kappa shape index (κ2) is 6.07. The van der Waals surface area contributed by atoms with Crippen molar-refractivity contribution >= 4 is 5.71 Å². The molecule has 0 saturated heterocycles. The Labute approximate surface area is 100 Å². The van der Waals surface area contributed by atoms with Crippen LogP contribution in [0.3, 0.4) is 0 Å². The molecule has 0 bridgehead atoms. The molecule has 16 heavy (non-hydrogen) atoms. The van der Waals surface area contributed by atoms with Crippen molar-refractivity contribution in [2.24, 2.45) is 16.4 Å². The molecule has 1 aliphatic carbocycles. The number of nitrogens with zero attached hydrogens (tertiary/aromatic N) is 1. The molecule has 0 amide bonds. The van der Waals surface area contributed by atoms with Crippen LogP contribution >= 0.6 is 0 Å². The monoisotopic (exact) mass is 222 g/mol. The van der Waals surface area contributed by atoms with Crippen LogP contribution < -0.4 is 5.43 Å². The van der Waals surface area contributed by atoms with E-state index in [2.05, 4.69) is 37.9 Å². The fourth-order valence-electron chi connectivity index (χ4n) is 2.29. The van der Waals surface area contributed by atoms with E-state index in [9.17, 15) is 0 Å². The highest BCUT2D eigenvalue weighted by atomic mass is 15.3. The lowest BCUT2D eigenvalue weighted by atomic mass is 9.84. The molecule has 0 heterocycles. The van der Waals surface area contributed by atoms with E-state index in [1.54, 1.807) is 0 Å². The van der Waals surface area contributed by atoms with Crippen LogP contribution in [-0.4, -0.2) is 12.3 Å². The van der Waals surface area contributed by atoms with Gasteiger partial charge >= 0.3 is 0 Å². The summed E-state index contributed by atoms with van der Waals surface area (Å²) >= 11 is 0. The van der Waals surface area contributed by atoms with E-state index in [0.29, 0.717) is 5.41 Å². The van der Waals surface area contributed by atoms with Crippen molar-refractivity contribution < 1.29 is 0 Å². The highest BCUT2D eigenvalue weighted by Crippen LogP contribution is 2.31. The Morgan fingerprint density at radius 2 is 2.00 bits per heavy atom. The van der Waals surface area contributed by atoms with E-state index in [1.807, 2.05) is 6.08 Å². The lowest BCUT2D eigenvalue weighted by Crippen LogP contribution is -2.22. The number of rotatable bonds is 5. The predicted molar refractivity (Wildman–Crippen MR) is 71.7 cm³/mol. The fourth-order valence-corrected chi connectivity index (χ4v) is 2.29. The molecule has 1 aliphatic rings. The molecular weight excluding hydrogens is 196 g/mol. The van der Waals surface area contributed by atoms with E-state index in [4.69, 9.17) is 0 Å². The first-order valence-corrected chi connectivity index (χ1v) is 6.43. The lowest BCUT2D eigenvalue weighted by Gasteiger charge is -2.23. The first-order valence-electron chi connectivity index (χ1n) is 6.43. The molecule has 0 atom stereocenters. The van der Waals surface area contributed by atoms with Gasteiger partial charge in [-0.1, -0.05) is 39.7 Å². The molecule has 1 N–H and O–H groups in total. The standard InChI is InChI=1S/C14H26N2/c1-5-10-15-16-13(11-14(2,3)4)12-8-6-7-9-12/h5,12,15H,1,6-11H2,2-4H3. The van der Waals surface area contributed by atoms with Crippen molar-refractivity contribution in [3.05, 3.63) is 12.7 Å². The molecule has 0 aromatic carbocycles. The summed E-state index contributed by atoms with van der Waals surface area (Å²) < 4.78 is 0. The van der Waals surface area contributed by atoms with Crippen LogP contribution in [0, 0.1) is 11.3 Å². The second-order valence-electron chi connectivity index (χ2n) is 5.97. The van der Waals surface area contributed by atoms with Crippen LogP contribution in [0.2, 0.25) is 0 Å². The average Bonchev–Trinajstić information content (AvgIpc) is 2.67. The van der Waals surface area contributed by atoms with Gasteiger partial charge in [0.2, 0.25) is 0 Å². The third-order valence-corrected chi connectivity index (χ3v) is 3.00. The molecule has 0 aliphatic heterocycles. The minimum Gasteiger partial charge on any atom is -0.306 e. The largest absolute Gasteiger partial charge is 0.306 e. The Kier molecular flexibility index (Phi) is 5.04. The molecule has 0 unspecified atom stereocenters. The molecule has 1 fully saturated rings. The maximum atomic E-state index is 4.58. The van der Waals surface area contributed by atoms with Crippen LogP contribution in [0.4, 0.5) is 0 Å². The third-order valence-electron chi connectivity index (χ3n) is 3.00. The topological polar surface area (TPSA) is 24.4 Å². The quantitative estimate of drug-likeness (QED) is 0.326. The molecule has 92 valence electrons. The normalized spacial score (nSPS) is 18.8. The van der Waals surface area contributed by atoms with Gasteiger partial charge in [-0.05, 0) is 30.6 Å². The molecule has 2 heteroatoms. The molecule has 1 saturated carbocycles. The zero-order valence-corrected chi connectivity index (χ0v) is 11.1. The van der Waals surface area contributed by atoms with Gasteiger partial charge in [-0.25, -0.2) is 0 Å². The smallest absolute Gasteiger partial charge is 0.0507 e. The van der Waals surface area contributed by atoms with Crippen molar-refractivity contribution in [1.29, 1.82) is 0 Å².